The number of aliphatic hydroxyl groups excluding tert-OH is 1. The molecule has 1 amide bonds. The number of aliphatic hydroxyl groups is 1. The molecule has 0 radical (unpaired) electrons. The van der Waals surface area contributed by atoms with Gasteiger partial charge >= 0.3 is 6.18 Å². The lowest BCUT2D eigenvalue weighted by Crippen LogP contribution is -2.47. The Morgan fingerprint density at radius 3 is 2.62 bits per heavy atom. The van der Waals surface area contributed by atoms with Crippen molar-refractivity contribution in [2.45, 2.75) is 37.8 Å². The Morgan fingerprint density at radius 1 is 1.26 bits per heavy atom. The lowest BCUT2D eigenvalue weighted by Gasteiger charge is -2.42. The van der Waals surface area contributed by atoms with E-state index in [1.54, 1.807) is 11.0 Å². The predicted octanol–water partition coefficient (Wildman–Crippen LogP) is 3.53. The summed E-state index contributed by atoms with van der Waals surface area (Å²) in [5.41, 5.74) is 0.177. The molecule has 1 unspecified atom stereocenters. The summed E-state index contributed by atoms with van der Waals surface area (Å²) in [6.45, 7) is 1.87. The molecule has 2 N–H and O–H groups in total. The molecule has 3 heterocycles. The van der Waals surface area contributed by atoms with E-state index in [-0.39, 0.29) is 23.8 Å². The molecule has 1 atom stereocenters. The summed E-state index contributed by atoms with van der Waals surface area (Å²) in [5, 5.41) is 26.3. The number of hydrogen-bond acceptors (Lipinski definition) is 5. The Morgan fingerprint density at radius 2 is 2.00 bits per heavy atom. The number of carbonyl (C=O) groups is 1. The summed E-state index contributed by atoms with van der Waals surface area (Å²) in [7, 11) is 0. The van der Waals surface area contributed by atoms with E-state index < -0.39 is 17.3 Å². The summed E-state index contributed by atoms with van der Waals surface area (Å²) in [6, 6.07) is 7.22. The number of amides is 1. The summed E-state index contributed by atoms with van der Waals surface area (Å²) < 4.78 is 40.3. The van der Waals surface area contributed by atoms with Gasteiger partial charge < -0.3 is 14.9 Å². The van der Waals surface area contributed by atoms with Crippen LogP contribution in [0.2, 0.25) is 0 Å². The van der Waals surface area contributed by atoms with E-state index in [0.717, 1.165) is 24.6 Å². The fourth-order valence-corrected chi connectivity index (χ4v) is 5.48. The number of piperidine rings is 1. The number of likely N-dealkylation sites (tertiary alicyclic amines) is 1. The third kappa shape index (κ3) is 4.02. The predicted molar refractivity (Wildman–Crippen MR) is 117 cm³/mol. The number of rotatable bonds is 4. The third-order valence-electron chi connectivity index (χ3n) is 7.71. The first-order valence-electron chi connectivity index (χ1n) is 11.6. The Kier molecular flexibility index (Phi) is 5.55. The van der Waals surface area contributed by atoms with Crippen LogP contribution in [0.1, 0.15) is 58.9 Å². The van der Waals surface area contributed by atoms with Crippen LogP contribution in [-0.2, 0) is 6.18 Å². The highest BCUT2D eigenvalue weighted by molar-refractivity contribution is 5.92. The number of aromatic amines is 1. The number of nitrogens with zero attached hydrogens (tertiary/aromatic N) is 4. The van der Waals surface area contributed by atoms with Gasteiger partial charge in [0.25, 0.3) is 5.91 Å². The van der Waals surface area contributed by atoms with Gasteiger partial charge in [0.15, 0.2) is 0 Å². The molecule has 10 heteroatoms. The van der Waals surface area contributed by atoms with Crippen molar-refractivity contribution >= 4 is 11.6 Å². The molecule has 2 aromatic rings. The molecule has 180 valence electrons. The molecule has 5 rings (SSSR count). The summed E-state index contributed by atoms with van der Waals surface area (Å²) in [5.74, 6) is 0.255. The molecule has 0 bridgehead atoms. The second-order valence-electron chi connectivity index (χ2n) is 9.74. The number of nitriles is 1. The lowest BCUT2D eigenvalue weighted by molar-refractivity contribution is -0.137. The second kappa shape index (κ2) is 8.31. The van der Waals surface area contributed by atoms with Gasteiger partial charge in [0.2, 0.25) is 0 Å². The van der Waals surface area contributed by atoms with Crippen LogP contribution < -0.4 is 4.90 Å². The van der Waals surface area contributed by atoms with Crippen LogP contribution in [0.5, 0.6) is 0 Å². The van der Waals surface area contributed by atoms with Crippen LogP contribution in [0.25, 0.3) is 0 Å². The Hall–Kier alpha value is -3.06. The number of benzene rings is 1. The first-order valence-corrected chi connectivity index (χ1v) is 11.6. The maximum absolute atomic E-state index is 13.4. The fourth-order valence-electron chi connectivity index (χ4n) is 5.48. The topological polar surface area (TPSA) is 96.3 Å². The average Bonchev–Trinajstić information content (AvgIpc) is 3.45. The number of nitrogens with one attached hydrogen (secondary N) is 1. The number of alkyl halides is 3. The molecule has 7 nitrogen and oxygen atoms in total. The molecule has 3 aliphatic rings. The Labute approximate surface area is 195 Å². The van der Waals surface area contributed by atoms with Crippen molar-refractivity contribution in [2.24, 2.45) is 11.3 Å². The van der Waals surface area contributed by atoms with Crippen LogP contribution in [0.3, 0.4) is 0 Å². The van der Waals surface area contributed by atoms with E-state index in [1.807, 2.05) is 11.0 Å². The molecule has 34 heavy (non-hydrogen) atoms. The van der Waals surface area contributed by atoms with Crippen LogP contribution in [0.15, 0.2) is 24.3 Å². The first-order chi connectivity index (χ1) is 16.2. The molecule has 1 saturated carbocycles. The fraction of sp³-hybridized carbons (Fsp3) is 0.542. The normalized spacial score (nSPS) is 22.3. The maximum Gasteiger partial charge on any atom is 0.417 e. The minimum absolute atomic E-state index is 0.0725. The zero-order valence-corrected chi connectivity index (χ0v) is 18.6. The quantitative estimate of drug-likeness (QED) is 0.708. The van der Waals surface area contributed by atoms with Crippen LogP contribution in [-0.4, -0.2) is 58.9 Å². The summed E-state index contributed by atoms with van der Waals surface area (Å²) in [6.07, 6.45) is -1.08. The van der Waals surface area contributed by atoms with Gasteiger partial charge in [-0.2, -0.15) is 23.5 Å². The van der Waals surface area contributed by atoms with Crippen molar-refractivity contribution in [3.8, 4) is 6.07 Å². The SMILES string of the molecule is N#Cc1ccc(N2CC(CO)C3(CCN(C(=O)c4cc(C5CC5)[nH]n4)CC3)C2)cc1C(F)(F)F. The summed E-state index contributed by atoms with van der Waals surface area (Å²) in [4.78, 5) is 16.6. The Balaban J connectivity index is 1.30. The zero-order chi connectivity index (χ0) is 24.1. The van der Waals surface area contributed by atoms with Crippen LogP contribution in [0, 0.1) is 22.7 Å². The number of hydrogen-bond donors (Lipinski definition) is 2. The van der Waals surface area contributed by atoms with Crippen molar-refractivity contribution < 1.29 is 23.1 Å². The van der Waals surface area contributed by atoms with Crippen molar-refractivity contribution in [3.05, 3.63) is 46.8 Å². The van der Waals surface area contributed by atoms with E-state index in [1.165, 1.54) is 12.1 Å². The maximum atomic E-state index is 13.4. The van der Waals surface area contributed by atoms with Crippen LogP contribution in [0.4, 0.5) is 18.9 Å². The van der Waals surface area contributed by atoms with Gasteiger partial charge in [0, 0.05) is 56.0 Å². The molecule has 3 fully saturated rings. The van der Waals surface area contributed by atoms with Crippen molar-refractivity contribution in [1.82, 2.24) is 15.1 Å². The van der Waals surface area contributed by atoms with Gasteiger partial charge in [-0.3, -0.25) is 9.89 Å². The summed E-state index contributed by atoms with van der Waals surface area (Å²) >= 11 is 0. The smallest absolute Gasteiger partial charge is 0.396 e. The minimum atomic E-state index is -4.62. The molecule has 1 aromatic carbocycles. The van der Waals surface area contributed by atoms with E-state index in [2.05, 4.69) is 10.2 Å². The molecule has 1 aromatic heterocycles. The molecule has 2 saturated heterocycles. The molecule has 2 aliphatic heterocycles. The van der Waals surface area contributed by atoms with Gasteiger partial charge in [-0.1, -0.05) is 0 Å². The monoisotopic (exact) mass is 473 g/mol. The average molecular weight is 473 g/mol. The number of H-pyrrole nitrogens is 1. The highest BCUT2D eigenvalue weighted by atomic mass is 19.4. The van der Waals surface area contributed by atoms with E-state index in [0.29, 0.717) is 56.3 Å². The Bertz CT molecular complexity index is 1130. The number of carbonyl (C=O) groups excluding carboxylic acids is 1. The molecular formula is C24H26F3N5O2. The first kappa shape index (κ1) is 22.7. The van der Waals surface area contributed by atoms with Gasteiger partial charge in [0.1, 0.15) is 5.69 Å². The molecule has 1 spiro atoms. The van der Waals surface area contributed by atoms with Crippen molar-refractivity contribution in [3.63, 3.8) is 0 Å². The van der Waals surface area contributed by atoms with Gasteiger partial charge in [0.05, 0.1) is 17.2 Å². The number of halogens is 3. The standard InChI is InChI=1S/C24H26F3N5O2/c25-24(26,27)19-9-18(4-3-16(19)11-28)32-12-17(13-33)23(14-32)5-7-31(8-6-23)22(34)21-10-20(29-30-21)15-1-2-15/h3-4,9-10,15,17,33H,1-2,5-8,12-14H2,(H,29,30). The van der Waals surface area contributed by atoms with E-state index in [4.69, 9.17) is 5.26 Å². The molecular weight excluding hydrogens is 447 g/mol. The van der Waals surface area contributed by atoms with E-state index >= 15 is 0 Å². The minimum Gasteiger partial charge on any atom is -0.396 e. The van der Waals surface area contributed by atoms with Gasteiger partial charge in [-0.25, -0.2) is 0 Å². The number of aromatic nitrogens is 2. The highest BCUT2D eigenvalue weighted by Crippen LogP contribution is 2.47. The van der Waals surface area contributed by atoms with Crippen molar-refractivity contribution in [2.75, 3.05) is 37.7 Å². The lowest BCUT2D eigenvalue weighted by atomic mass is 9.71. The highest BCUT2D eigenvalue weighted by Gasteiger charge is 2.48. The molecule has 1 aliphatic carbocycles. The zero-order valence-electron chi connectivity index (χ0n) is 18.6. The number of anilines is 1. The van der Waals surface area contributed by atoms with Crippen molar-refractivity contribution in [1.29, 1.82) is 5.26 Å². The largest absolute Gasteiger partial charge is 0.417 e. The van der Waals surface area contributed by atoms with Crippen LogP contribution >= 0.6 is 0 Å². The van der Waals surface area contributed by atoms with Gasteiger partial charge in [-0.15, -0.1) is 0 Å². The second-order valence-corrected chi connectivity index (χ2v) is 9.74. The van der Waals surface area contributed by atoms with Gasteiger partial charge in [-0.05, 0) is 55.4 Å². The van der Waals surface area contributed by atoms with E-state index in [9.17, 15) is 23.1 Å². The third-order valence-corrected chi connectivity index (χ3v) is 7.71.